The van der Waals surface area contributed by atoms with Gasteiger partial charge in [0.25, 0.3) is 0 Å². The van der Waals surface area contributed by atoms with E-state index >= 15 is 0 Å². The lowest BCUT2D eigenvalue weighted by Gasteiger charge is -2.28. The Bertz CT molecular complexity index is 1220. The Labute approximate surface area is 207 Å². The molecular weight excluding hydrogens is 470 g/mol. The minimum Gasteiger partial charge on any atom is -0.465 e. The lowest BCUT2D eigenvalue weighted by atomic mass is 9.85. The molecule has 2 heterocycles. The van der Waals surface area contributed by atoms with Gasteiger partial charge in [-0.3, -0.25) is 0 Å². The largest absolute Gasteiger partial charge is 0.513 e. The van der Waals surface area contributed by atoms with E-state index < -0.39 is 18.0 Å². The molecule has 0 bridgehead atoms. The first-order chi connectivity index (χ1) is 16.9. The van der Waals surface area contributed by atoms with Gasteiger partial charge in [0.1, 0.15) is 12.4 Å². The van der Waals surface area contributed by atoms with E-state index in [9.17, 15) is 14.4 Å². The Balaban J connectivity index is 1.65. The number of carbonyl (C=O) groups excluding carboxylic acids is 3. The number of ether oxygens (including phenoxy) is 4. The standard InChI is InChI=1S/C26H25NO7S/c1-4-32-26(30)34-23-15(2)27-19-13-33-25(29)22(19)21(23)18-7-5-6-8-20(18)35-14-16-9-11-17(12-10-16)24(28)31-3/h5-12,21,27H,4,13-14H2,1-3H3. The number of thioether (sulfide) groups is 1. The minimum absolute atomic E-state index is 0.135. The molecule has 0 amide bonds. The molecule has 2 aromatic carbocycles. The zero-order valence-corrected chi connectivity index (χ0v) is 20.4. The van der Waals surface area contributed by atoms with Crippen molar-refractivity contribution in [3.8, 4) is 0 Å². The van der Waals surface area contributed by atoms with Crippen LogP contribution in [0.5, 0.6) is 0 Å². The fourth-order valence-corrected chi connectivity index (χ4v) is 5.03. The van der Waals surface area contributed by atoms with Crippen LogP contribution in [0.1, 0.15) is 41.3 Å². The molecule has 1 atom stereocenters. The lowest BCUT2D eigenvalue weighted by Crippen LogP contribution is -2.28. The molecule has 0 spiro atoms. The van der Waals surface area contributed by atoms with Crippen molar-refractivity contribution in [3.63, 3.8) is 0 Å². The highest BCUT2D eigenvalue weighted by molar-refractivity contribution is 7.98. The first-order valence-electron chi connectivity index (χ1n) is 11.0. The van der Waals surface area contributed by atoms with Crippen molar-refractivity contribution in [2.45, 2.75) is 30.4 Å². The highest BCUT2D eigenvalue weighted by atomic mass is 32.2. The van der Waals surface area contributed by atoms with E-state index in [2.05, 4.69) is 5.32 Å². The first kappa shape index (κ1) is 24.4. The first-order valence-corrected chi connectivity index (χ1v) is 12.0. The summed E-state index contributed by atoms with van der Waals surface area (Å²) >= 11 is 1.58. The Morgan fingerprint density at radius 3 is 2.60 bits per heavy atom. The fourth-order valence-electron chi connectivity index (χ4n) is 3.98. The summed E-state index contributed by atoms with van der Waals surface area (Å²) in [4.78, 5) is 37.5. The van der Waals surface area contributed by atoms with E-state index in [1.165, 1.54) is 7.11 Å². The number of methoxy groups -OCH3 is 1. The van der Waals surface area contributed by atoms with Crippen LogP contribution >= 0.6 is 11.8 Å². The van der Waals surface area contributed by atoms with Crippen molar-refractivity contribution in [1.29, 1.82) is 0 Å². The monoisotopic (exact) mass is 495 g/mol. The summed E-state index contributed by atoms with van der Waals surface area (Å²) in [5.74, 6) is -0.540. The third kappa shape index (κ3) is 5.19. The molecular formula is C26H25NO7S. The van der Waals surface area contributed by atoms with Gasteiger partial charge in [0.05, 0.1) is 42.2 Å². The predicted molar refractivity (Wildman–Crippen MR) is 128 cm³/mol. The molecule has 0 fully saturated rings. The van der Waals surface area contributed by atoms with Crippen molar-refractivity contribution in [2.24, 2.45) is 0 Å². The molecule has 0 radical (unpaired) electrons. The maximum absolute atomic E-state index is 12.7. The molecule has 0 aliphatic carbocycles. The van der Waals surface area contributed by atoms with Gasteiger partial charge in [-0.25, -0.2) is 14.4 Å². The molecule has 2 aliphatic heterocycles. The van der Waals surface area contributed by atoms with Gasteiger partial charge in [-0.2, -0.15) is 0 Å². The van der Waals surface area contributed by atoms with E-state index in [-0.39, 0.29) is 19.2 Å². The van der Waals surface area contributed by atoms with Gasteiger partial charge in [-0.15, -0.1) is 11.8 Å². The Kier molecular flexibility index (Phi) is 7.45. The normalized spacial score (nSPS) is 16.9. The van der Waals surface area contributed by atoms with E-state index in [0.717, 1.165) is 16.0 Å². The predicted octanol–water partition coefficient (Wildman–Crippen LogP) is 4.67. The minimum atomic E-state index is -0.833. The summed E-state index contributed by atoms with van der Waals surface area (Å²) < 4.78 is 20.6. The zero-order chi connectivity index (χ0) is 24.9. The average molecular weight is 496 g/mol. The van der Waals surface area contributed by atoms with Crippen LogP contribution in [-0.2, 0) is 29.5 Å². The van der Waals surface area contributed by atoms with Crippen LogP contribution in [0.15, 0.2) is 76.2 Å². The topological polar surface area (TPSA) is 100 Å². The molecule has 4 rings (SSSR count). The maximum Gasteiger partial charge on any atom is 0.513 e. The van der Waals surface area contributed by atoms with Crippen LogP contribution in [0.4, 0.5) is 4.79 Å². The van der Waals surface area contributed by atoms with Crippen LogP contribution in [-0.4, -0.2) is 38.4 Å². The SMILES string of the molecule is CCOC(=O)OC1=C(C)NC2=C(C(=O)OC2)C1c1ccccc1SCc1ccc(C(=O)OC)cc1. The number of nitrogens with one attached hydrogen (secondary N) is 1. The van der Waals surface area contributed by atoms with E-state index in [4.69, 9.17) is 18.9 Å². The summed E-state index contributed by atoms with van der Waals surface area (Å²) in [5.41, 5.74) is 4.00. The number of cyclic esters (lactones) is 1. The number of carbonyl (C=O) groups is 3. The van der Waals surface area contributed by atoms with Crippen molar-refractivity contribution in [3.05, 3.63) is 87.9 Å². The second kappa shape index (κ2) is 10.7. The maximum atomic E-state index is 12.7. The van der Waals surface area contributed by atoms with Crippen LogP contribution < -0.4 is 5.32 Å². The Morgan fingerprint density at radius 1 is 1.14 bits per heavy atom. The summed E-state index contributed by atoms with van der Waals surface area (Å²) in [5, 5.41) is 3.14. The highest BCUT2D eigenvalue weighted by Gasteiger charge is 2.41. The summed E-state index contributed by atoms with van der Waals surface area (Å²) in [6.07, 6.45) is -0.833. The summed E-state index contributed by atoms with van der Waals surface area (Å²) in [7, 11) is 1.35. The molecule has 2 aliphatic rings. The fraction of sp³-hybridized carbons (Fsp3) is 0.269. The summed E-state index contributed by atoms with van der Waals surface area (Å²) in [6.45, 7) is 3.78. The van der Waals surface area contributed by atoms with E-state index in [1.807, 2.05) is 36.4 Å². The number of hydrogen-bond acceptors (Lipinski definition) is 9. The van der Waals surface area contributed by atoms with Gasteiger partial charge >= 0.3 is 18.1 Å². The summed E-state index contributed by atoms with van der Waals surface area (Å²) in [6, 6.07) is 14.9. The Morgan fingerprint density at radius 2 is 1.89 bits per heavy atom. The smallest absolute Gasteiger partial charge is 0.465 e. The highest BCUT2D eigenvalue weighted by Crippen LogP contribution is 2.44. The Hall–Kier alpha value is -3.72. The van der Waals surface area contributed by atoms with Crippen molar-refractivity contribution >= 4 is 29.9 Å². The number of hydrogen-bond donors (Lipinski definition) is 1. The molecule has 9 heteroatoms. The molecule has 182 valence electrons. The van der Waals surface area contributed by atoms with Gasteiger partial charge < -0.3 is 24.3 Å². The third-order valence-corrected chi connectivity index (χ3v) is 6.77. The van der Waals surface area contributed by atoms with Crippen molar-refractivity contribution in [1.82, 2.24) is 5.32 Å². The number of rotatable bonds is 7. The van der Waals surface area contributed by atoms with Crippen LogP contribution in [0.25, 0.3) is 0 Å². The number of dihydropyridines is 1. The van der Waals surface area contributed by atoms with E-state index in [1.54, 1.807) is 37.7 Å². The van der Waals surface area contributed by atoms with Crippen LogP contribution in [0.2, 0.25) is 0 Å². The lowest BCUT2D eigenvalue weighted by molar-refractivity contribution is -0.136. The molecule has 0 saturated heterocycles. The van der Waals surface area contributed by atoms with E-state index in [0.29, 0.717) is 34.0 Å². The quantitative estimate of drug-likeness (QED) is 0.334. The van der Waals surface area contributed by atoms with Crippen molar-refractivity contribution in [2.75, 3.05) is 20.3 Å². The van der Waals surface area contributed by atoms with Crippen LogP contribution in [0, 0.1) is 0 Å². The molecule has 0 aromatic heterocycles. The second-order valence-corrected chi connectivity index (χ2v) is 8.83. The average Bonchev–Trinajstić information content (AvgIpc) is 3.23. The molecule has 2 aromatic rings. The van der Waals surface area contributed by atoms with Gasteiger partial charge in [0.15, 0.2) is 0 Å². The number of esters is 2. The third-order valence-electron chi connectivity index (χ3n) is 5.61. The van der Waals surface area contributed by atoms with Gasteiger partial charge in [0, 0.05) is 10.6 Å². The zero-order valence-electron chi connectivity index (χ0n) is 19.6. The van der Waals surface area contributed by atoms with Gasteiger partial charge in [-0.05, 0) is 43.2 Å². The molecule has 1 unspecified atom stereocenters. The molecule has 8 nitrogen and oxygen atoms in total. The van der Waals surface area contributed by atoms with Crippen LogP contribution in [0.3, 0.4) is 0 Å². The van der Waals surface area contributed by atoms with Gasteiger partial charge in [-0.1, -0.05) is 30.3 Å². The van der Waals surface area contributed by atoms with Crippen molar-refractivity contribution < 1.29 is 33.3 Å². The molecule has 35 heavy (non-hydrogen) atoms. The molecule has 0 saturated carbocycles. The number of benzene rings is 2. The number of allylic oxidation sites excluding steroid dienone is 2. The molecule has 1 N–H and O–H groups in total. The second-order valence-electron chi connectivity index (χ2n) is 7.82. The van der Waals surface area contributed by atoms with Gasteiger partial charge in [0.2, 0.25) is 0 Å².